The van der Waals surface area contributed by atoms with Crippen LogP contribution in [0.15, 0.2) is 47.4 Å². The van der Waals surface area contributed by atoms with Crippen molar-refractivity contribution in [3.63, 3.8) is 0 Å². The number of alkyl halides is 2. The smallest absolute Gasteiger partial charge is 0.387 e. The number of benzene rings is 2. The van der Waals surface area contributed by atoms with E-state index in [9.17, 15) is 22.0 Å². The number of carbonyl (C=O) groups is 1. The van der Waals surface area contributed by atoms with E-state index in [0.717, 1.165) is 5.56 Å². The molecule has 1 aliphatic heterocycles. The number of aryl methyl sites for hydroxylation is 1. The van der Waals surface area contributed by atoms with Gasteiger partial charge in [0.1, 0.15) is 5.75 Å². The minimum atomic E-state index is -3.75. The molecule has 0 bridgehead atoms. The molecule has 2 aromatic rings. The Morgan fingerprint density at radius 1 is 1.12 bits per heavy atom. The molecule has 3 rings (SSSR count). The Balaban J connectivity index is 1.68. The van der Waals surface area contributed by atoms with Gasteiger partial charge in [-0.1, -0.05) is 12.1 Å². The molecule has 1 aliphatic rings. The predicted octanol–water partition coefficient (Wildman–Crippen LogP) is 2.65. The van der Waals surface area contributed by atoms with Gasteiger partial charge in [-0.05, 0) is 47.9 Å². The van der Waals surface area contributed by atoms with Crippen LogP contribution in [0.25, 0.3) is 0 Å². The lowest BCUT2D eigenvalue weighted by molar-refractivity contribution is -0.116. The van der Waals surface area contributed by atoms with Crippen LogP contribution in [0.2, 0.25) is 0 Å². The highest BCUT2D eigenvalue weighted by atomic mass is 32.2. The molecule has 0 radical (unpaired) electrons. The van der Waals surface area contributed by atoms with E-state index >= 15 is 0 Å². The third kappa shape index (κ3) is 4.36. The quantitative estimate of drug-likeness (QED) is 0.805. The molecule has 9 heteroatoms. The zero-order valence-electron chi connectivity index (χ0n) is 13.5. The molecule has 26 heavy (non-hydrogen) atoms. The van der Waals surface area contributed by atoms with Crippen LogP contribution in [-0.2, 0) is 27.8 Å². The molecule has 0 atom stereocenters. The van der Waals surface area contributed by atoms with Gasteiger partial charge < -0.3 is 10.1 Å². The molecule has 0 saturated heterocycles. The first-order valence-corrected chi connectivity index (χ1v) is 9.28. The number of amides is 1. The van der Waals surface area contributed by atoms with E-state index in [1.807, 2.05) is 0 Å². The standard InChI is InChI=1S/C17H16F2N2O4S/c18-17(19)25-13-4-1-11(2-5-13)10-20-26(23,24)14-6-7-15-12(9-14)3-8-16(22)21-15/h1-2,4-7,9,17,20H,3,8,10H2,(H,21,22). The summed E-state index contributed by atoms with van der Waals surface area (Å²) in [6.45, 7) is -2.90. The summed E-state index contributed by atoms with van der Waals surface area (Å²) >= 11 is 0. The maximum absolute atomic E-state index is 12.4. The fourth-order valence-corrected chi connectivity index (χ4v) is 3.65. The van der Waals surface area contributed by atoms with Crippen molar-refractivity contribution < 1.29 is 26.7 Å². The van der Waals surface area contributed by atoms with Crippen LogP contribution in [0, 0.1) is 0 Å². The maximum atomic E-state index is 12.4. The summed E-state index contributed by atoms with van der Waals surface area (Å²) in [5.41, 5.74) is 1.98. The van der Waals surface area contributed by atoms with E-state index in [4.69, 9.17) is 0 Å². The molecule has 0 aromatic heterocycles. The second-order valence-corrected chi connectivity index (χ2v) is 7.48. The minimum Gasteiger partial charge on any atom is -0.435 e. The highest BCUT2D eigenvalue weighted by Crippen LogP contribution is 2.25. The minimum absolute atomic E-state index is 0.00309. The lowest BCUT2D eigenvalue weighted by Gasteiger charge is -2.17. The Bertz CT molecular complexity index is 915. The van der Waals surface area contributed by atoms with Crippen molar-refractivity contribution in [2.45, 2.75) is 30.9 Å². The molecule has 1 heterocycles. The van der Waals surface area contributed by atoms with E-state index in [0.29, 0.717) is 24.1 Å². The zero-order valence-corrected chi connectivity index (χ0v) is 14.4. The van der Waals surface area contributed by atoms with Gasteiger partial charge >= 0.3 is 6.61 Å². The van der Waals surface area contributed by atoms with E-state index in [2.05, 4.69) is 14.8 Å². The molecule has 1 amide bonds. The van der Waals surface area contributed by atoms with Gasteiger partial charge in [-0.3, -0.25) is 4.79 Å². The SMILES string of the molecule is O=C1CCc2cc(S(=O)(=O)NCc3ccc(OC(F)F)cc3)ccc2N1. The summed E-state index contributed by atoms with van der Waals surface area (Å²) in [6, 6.07) is 10.2. The number of anilines is 1. The molecule has 6 nitrogen and oxygen atoms in total. The van der Waals surface area contributed by atoms with Crippen LogP contribution in [-0.4, -0.2) is 20.9 Å². The summed E-state index contributed by atoms with van der Waals surface area (Å²) in [5.74, 6) is -0.0890. The van der Waals surface area contributed by atoms with Gasteiger partial charge in [0.25, 0.3) is 0 Å². The number of ether oxygens (including phenoxy) is 1. The predicted molar refractivity (Wildman–Crippen MR) is 90.5 cm³/mol. The Labute approximate surface area is 149 Å². The van der Waals surface area contributed by atoms with Gasteiger partial charge in [0.2, 0.25) is 15.9 Å². The molecule has 0 fully saturated rings. The highest BCUT2D eigenvalue weighted by molar-refractivity contribution is 7.89. The molecule has 2 aromatic carbocycles. The topological polar surface area (TPSA) is 84.5 Å². The highest BCUT2D eigenvalue weighted by Gasteiger charge is 2.19. The van der Waals surface area contributed by atoms with Crippen molar-refractivity contribution in [2.24, 2.45) is 0 Å². The Kier molecular flexibility index (Phi) is 5.19. The van der Waals surface area contributed by atoms with E-state index < -0.39 is 16.6 Å². The van der Waals surface area contributed by atoms with Crippen molar-refractivity contribution in [3.05, 3.63) is 53.6 Å². The fourth-order valence-electron chi connectivity index (χ4n) is 2.58. The molecule has 0 saturated carbocycles. The summed E-state index contributed by atoms with van der Waals surface area (Å²) < 4.78 is 55.8. The van der Waals surface area contributed by atoms with Gasteiger partial charge in [0.05, 0.1) is 4.90 Å². The van der Waals surface area contributed by atoms with Gasteiger partial charge in [-0.2, -0.15) is 8.78 Å². The molecule has 2 N–H and O–H groups in total. The summed E-state index contributed by atoms with van der Waals surface area (Å²) in [7, 11) is -3.75. The molecule has 0 unspecified atom stereocenters. The van der Waals surface area contributed by atoms with E-state index in [1.54, 1.807) is 6.07 Å². The van der Waals surface area contributed by atoms with Gasteiger partial charge in [0, 0.05) is 18.7 Å². The normalized spacial score (nSPS) is 14.0. The number of rotatable bonds is 6. The summed E-state index contributed by atoms with van der Waals surface area (Å²) in [6.07, 6.45) is 0.799. The van der Waals surface area contributed by atoms with E-state index in [1.165, 1.54) is 36.4 Å². The molecule has 138 valence electrons. The zero-order chi connectivity index (χ0) is 18.7. The third-order valence-electron chi connectivity index (χ3n) is 3.90. The second kappa shape index (κ2) is 7.38. The summed E-state index contributed by atoms with van der Waals surface area (Å²) in [5, 5.41) is 2.70. The Morgan fingerprint density at radius 2 is 1.85 bits per heavy atom. The Hall–Kier alpha value is -2.52. The average Bonchev–Trinajstić information content (AvgIpc) is 2.60. The molecule has 0 aliphatic carbocycles. The number of hydrogen-bond acceptors (Lipinski definition) is 4. The van der Waals surface area contributed by atoms with Crippen LogP contribution in [0.1, 0.15) is 17.5 Å². The van der Waals surface area contributed by atoms with Crippen molar-refractivity contribution in [1.82, 2.24) is 4.72 Å². The fraction of sp³-hybridized carbons (Fsp3) is 0.235. The van der Waals surface area contributed by atoms with Crippen LogP contribution in [0.4, 0.5) is 14.5 Å². The maximum Gasteiger partial charge on any atom is 0.387 e. The van der Waals surface area contributed by atoms with Crippen molar-refractivity contribution in [2.75, 3.05) is 5.32 Å². The number of halogens is 2. The molecular formula is C17H16F2N2O4S. The van der Waals surface area contributed by atoms with Crippen LogP contribution in [0.5, 0.6) is 5.75 Å². The number of nitrogens with one attached hydrogen (secondary N) is 2. The number of sulfonamides is 1. The molecular weight excluding hydrogens is 366 g/mol. The van der Waals surface area contributed by atoms with Crippen LogP contribution in [0.3, 0.4) is 0 Å². The second-order valence-electron chi connectivity index (χ2n) is 5.71. The third-order valence-corrected chi connectivity index (χ3v) is 5.30. The monoisotopic (exact) mass is 382 g/mol. The van der Waals surface area contributed by atoms with Gasteiger partial charge in [-0.15, -0.1) is 0 Å². The average molecular weight is 382 g/mol. The van der Waals surface area contributed by atoms with E-state index in [-0.39, 0.29) is 23.1 Å². The van der Waals surface area contributed by atoms with Crippen molar-refractivity contribution >= 4 is 21.6 Å². The summed E-state index contributed by atoms with van der Waals surface area (Å²) in [4.78, 5) is 11.5. The Morgan fingerprint density at radius 3 is 2.54 bits per heavy atom. The molecule has 0 spiro atoms. The lowest BCUT2D eigenvalue weighted by Crippen LogP contribution is -2.24. The first-order valence-electron chi connectivity index (χ1n) is 7.80. The number of carbonyl (C=O) groups excluding carboxylic acids is 1. The lowest BCUT2D eigenvalue weighted by atomic mass is 10.0. The first-order chi connectivity index (χ1) is 12.3. The number of hydrogen-bond donors (Lipinski definition) is 2. The van der Waals surface area contributed by atoms with Crippen LogP contribution < -0.4 is 14.8 Å². The van der Waals surface area contributed by atoms with Crippen LogP contribution >= 0.6 is 0 Å². The van der Waals surface area contributed by atoms with Crippen molar-refractivity contribution in [3.8, 4) is 5.75 Å². The van der Waals surface area contributed by atoms with Gasteiger partial charge in [0.15, 0.2) is 0 Å². The first kappa shape index (κ1) is 18.3. The van der Waals surface area contributed by atoms with Crippen molar-refractivity contribution in [1.29, 1.82) is 0 Å². The largest absolute Gasteiger partial charge is 0.435 e. The van der Waals surface area contributed by atoms with Gasteiger partial charge in [-0.25, -0.2) is 13.1 Å². The number of fused-ring (bicyclic) bond motifs is 1.